The number of nitrogens with one attached hydrogen (secondary N) is 1. The number of thioether (sulfide) groups is 1. The molecule has 1 aliphatic carbocycles. The van der Waals surface area contributed by atoms with Gasteiger partial charge >= 0.3 is 0 Å². The Hall–Kier alpha value is -1.16. The molecule has 3 rings (SSSR count). The fourth-order valence-electron chi connectivity index (χ4n) is 1.63. The number of hydrogen-bond acceptors (Lipinski definition) is 3. The Labute approximate surface area is 85.5 Å². The first-order valence-corrected chi connectivity index (χ1v) is 5.35. The molecule has 72 valence electrons. The molecule has 14 heavy (non-hydrogen) atoms. The second kappa shape index (κ2) is 2.45. The normalized spacial score (nSPS) is 21.6. The summed E-state index contributed by atoms with van der Waals surface area (Å²) in [6.07, 6.45) is 1.89. The van der Waals surface area contributed by atoms with E-state index >= 15 is 0 Å². The molecule has 3 nitrogen and oxygen atoms in total. The first-order valence-electron chi connectivity index (χ1n) is 4.53. The summed E-state index contributed by atoms with van der Waals surface area (Å²) >= 11 is 1.58. The van der Waals surface area contributed by atoms with Crippen molar-refractivity contribution >= 4 is 23.4 Å². The lowest BCUT2D eigenvalue weighted by Gasteiger charge is -2.23. The summed E-state index contributed by atoms with van der Waals surface area (Å²) in [6.45, 7) is 0. The second-order valence-corrected chi connectivity index (χ2v) is 5.16. The molecule has 1 saturated carbocycles. The first-order chi connectivity index (χ1) is 6.70. The van der Waals surface area contributed by atoms with Gasteiger partial charge in [-0.15, -0.1) is 11.8 Å². The maximum Gasteiger partial charge on any atom is 0.241 e. The average molecular weight is 207 g/mol. The minimum Gasteiger partial charge on any atom is -0.508 e. The van der Waals surface area contributed by atoms with Crippen molar-refractivity contribution in [3.63, 3.8) is 0 Å². The summed E-state index contributed by atoms with van der Waals surface area (Å²) in [5.41, 5.74) is 0.815. The van der Waals surface area contributed by atoms with Crippen molar-refractivity contribution < 1.29 is 9.90 Å². The van der Waals surface area contributed by atoms with E-state index in [9.17, 15) is 9.90 Å². The molecule has 1 aromatic rings. The predicted octanol–water partition coefficient (Wildman–Crippen LogP) is 1.97. The van der Waals surface area contributed by atoms with Crippen molar-refractivity contribution in [1.29, 1.82) is 0 Å². The van der Waals surface area contributed by atoms with Crippen LogP contribution in [0.5, 0.6) is 5.75 Å². The number of phenolic OH excluding ortho intramolecular Hbond substituents is 1. The number of benzene rings is 1. The van der Waals surface area contributed by atoms with Crippen molar-refractivity contribution in [3.05, 3.63) is 18.2 Å². The third-order valence-corrected chi connectivity index (χ3v) is 4.18. The standard InChI is InChI=1S/C10H9NO2S/c12-6-1-2-7-8(5-6)14-10(3-4-10)9(13)11-7/h1-2,5,12H,3-4H2,(H,11,13). The predicted molar refractivity (Wildman–Crippen MR) is 54.6 cm³/mol. The van der Waals surface area contributed by atoms with Gasteiger partial charge < -0.3 is 10.4 Å². The summed E-state index contributed by atoms with van der Waals surface area (Å²) in [4.78, 5) is 12.6. The fourth-order valence-corrected chi connectivity index (χ4v) is 2.91. The highest BCUT2D eigenvalue weighted by Gasteiger charge is 2.53. The molecular weight excluding hydrogens is 198 g/mol. The Balaban J connectivity index is 2.07. The van der Waals surface area contributed by atoms with Crippen LogP contribution in [0.2, 0.25) is 0 Å². The third kappa shape index (κ3) is 1.04. The highest BCUT2D eigenvalue weighted by atomic mass is 32.2. The van der Waals surface area contributed by atoms with Gasteiger partial charge in [0, 0.05) is 4.90 Å². The molecule has 0 radical (unpaired) electrons. The molecule has 0 bridgehead atoms. The number of rotatable bonds is 0. The van der Waals surface area contributed by atoms with Crippen LogP contribution in [0.25, 0.3) is 0 Å². The highest BCUT2D eigenvalue weighted by molar-refractivity contribution is 8.02. The molecule has 1 aliphatic heterocycles. The van der Waals surface area contributed by atoms with Crippen LogP contribution < -0.4 is 5.32 Å². The van der Waals surface area contributed by atoms with Crippen molar-refractivity contribution in [1.82, 2.24) is 0 Å². The van der Waals surface area contributed by atoms with Gasteiger partial charge in [0.25, 0.3) is 0 Å². The van der Waals surface area contributed by atoms with Crippen LogP contribution in [-0.4, -0.2) is 15.8 Å². The van der Waals surface area contributed by atoms with Gasteiger partial charge in [-0.25, -0.2) is 0 Å². The van der Waals surface area contributed by atoms with E-state index in [-0.39, 0.29) is 16.4 Å². The van der Waals surface area contributed by atoms with Gasteiger partial charge in [-0.05, 0) is 31.0 Å². The monoisotopic (exact) mass is 207 g/mol. The van der Waals surface area contributed by atoms with Gasteiger partial charge in [-0.2, -0.15) is 0 Å². The Bertz CT molecular complexity index is 426. The number of hydrogen-bond donors (Lipinski definition) is 2. The quantitative estimate of drug-likeness (QED) is 0.639. The van der Waals surface area contributed by atoms with Gasteiger partial charge in [0.15, 0.2) is 0 Å². The summed E-state index contributed by atoms with van der Waals surface area (Å²) < 4.78 is -0.221. The van der Waals surface area contributed by atoms with Crippen LogP contribution >= 0.6 is 11.8 Å². The zero-order valence-electron chi connectivity index (χ0n) is 7.41. The summed E-state index contributed by atoms with van der Waals surface area (Å²) in [6, 6.07) is 5.04. The highest BCUT2D eigenvalue weighted by Crippen LogP contribution is 2.56. The first kappa shape index (κ1) is 8.17. The number of amides is 1. The lowest BCUT2D eigenvalue weighted by molar-refractivity contribution is -0.116. The number of carbonyl (C=O) groups excluding carboxylic acids is 1. The zero-order chi connectivity index (χ0) is 9.76. The molecule has 1 aromatic carbocycles. The lowest BCUT2D eigenvalue weighted by Crippen LogP contribution is -2.30. The Morgan fingerprint density at radius 3 is 2.93 bits per heavy atom. The van der Waals surface area contributed by atoms with Gasteiger partial charge in [-0.1, -0.05) is 0 Å². The van der Waals surface area contributed by atoms with E-state index in [1.807, 2.05) is 0 Å². The molecular formula is C10H9NO2S. The number of phenols is 1. The topological polar surface area (TPSA) is 49.3 Å². The average Bonchev–Trinajstić information content (AvgIpc) is 2.89. The largest absolute Gasteiger partial charge is 0.508 e. The van der Waals surface area contributed by atoms with E-state index < -0.39 is 0 Å². The molecule has 0 atom stereocenters. The minimum atomic E-state index is -0.221. The maximum absolute atomic E-state index is 11.6. The van der Waals surface area contributed by atoms with Crippen LogP contribution in [0.15, 0.2) is 23.1 Å². The fraction of sp³-hybridized carbons (Fsp3) is 0.300. The van der Waals surface area contributed by atoms with Crippen molar-refractivity contribution in [2.75, 3.05) is 5.32 Å². The molecule has 1 amide bonds. The smallest absolute Gasteiger partial charge is 0.241 e. The van der Waals surface area contributed by atoms with Gasteiger partial charge in [0.05, 0.1) is 10.4 Å². The SMILES string of the molecule is O=C1Nc2ccc(O)cc2SC12CC2. The Morgan fingerprint density at radius 2 is 2.21 bits per heavy atom. The summed E-state index contributed by atoms with van der Waals surface area (Å²) in [5, 5.41) is 12.2. The van der Waals surface area contributed by atoms with Crippen LogP contribution in [0, 0.1) is 0 Å². The van der Waals surface area contributed by atoms with E-state index in [1.165, 1.54) is 0 Å². The van der Waals surface area contributed by atoms with Crippen LogP contribution in [-0.2, 0) is 4.79 Å². The molecule has 1 heterocycles. The molecule has 1 fully saturated rings. The minimum absolute atomic E-state index is 0.112. The Morgan fingerprint density at radius 1 is 1.43 bits per heavy atom. The zero-order valence-corrected chi connectivity index (χ0v) is 8.23. The molecule has 0 unspecified atom stereocenters. The van der Waals surface area contributed by atoms with E-state index in [4.69, 9.17) is 0 Å². The van der Waals surface area contributed by atoms with Gasteiger partial charge in [0.2, 0.25) is 5.91 Å². The lowest BCUT2D eigenvalue weighted by atomic mass is 10.2. The van der Waals surface area contributed by atoms with Crippen molar-refractivity contribution in [2.45, 2.75) is 22.5 Å². The van der Waals surface area contributed by atoms with Crippen LogP contribution in [0.4, 0.5) is 5.69 Å². The third-order valence-electron chi connectivity index (χ3n) is 2.64. The Kier molecular flexibility index (Phi) is 1.43. The van der Waals surface area contributed by atoms with Gasteiger partial charge in [-0.3, -0.25) is 4.79 Å². The van der Waals surface area contributed by atoms with E-state index in [0.29, 0.717) is 0 Å². The van der Waals surface area contributed by atoms with E-state index in [2.05, 4.69) is 5.32 Å². The number of carbonyl (C=O) groups is 1. The number of aromatic hydroxyl groups is 1. The molecule has 2 N–H and O–H groups in total. The molecule has 1 spiro atoms. The van der Waals surface area contributed by atoms with E-state index in [1.54, 1.807) is 30.0 Å². The van der Waals surface area contributed by atoms with Crippen LogP contribution in [0.1, 0.15) is 12.8 Å². The van der Waals surface area contributed by atoms with Gasteiger partial charge in [0.1, 0.15) is 5.75 Å². The van der Waals surface area contributed by atoms with Crippen molar-refractivity contribution in [2.24, 2.45) is 0 Å². The molecule has 0 saturated heterocycles. The second-order valence-electron chi connectivity index (χ2n) is 3.73. The summed E-state index contributed by atoms with van der Waals surface area (Å²) in [7, 11) is 0. The molecule has 0 aromatic heterocycles. The maximum atomic E-state index is 11.6. The number of fused-ring (bicyclic) bond motifs is 1. The summed E-state index contributed by atoms with van der Waals surface area (Å²) in [5.74, 6) is 0.365. The van der Waals surface area contributed by atoms with Crippen molar-refractivity contribution in [3.8, 4) is 5.75 Å². The molecule has 4 heteroatoms. The number of anilines is 1. The van der Waals surface area contributed by atoms with E-state index in [0.717, 1.165) is 23.4 Å². The van der Waals surface area contributed by atoms with Crippen LogP contribution in [0.3, 0.4) is 0 Å². The molecule has 2 aliphatic rings.